The molecular weight excluding hydrogens is 280 g/mol. The number of rotatable bonds is 7. The van der Waals surface area contributed by atoms with Crippen LogP contribution in [0.1, 0.15) is 10.4 Å². The van der Waals surface area contributed by atoms with Crippen molar-refractivity contribution in [1.29, 1.82) is 0 Å². The standard InChI is InChI=1S/C13H18N2O6/c1-20-7-9(21-2)6-14-13(19)15-8-3-4-11(16)10(5-8)12(17)18/h3-5,9,16H,6-7H2,1-2H3,(H,17,18)(H2,14,15,19). The number of carboxylic acids is 1. The van der Waals surface area contributed by atoms with Gasteiger partial charge in [0.25, 0.3) is 0 Å². The molecule has 0 saturated carbocycles. The zero-order valence-electron chi connectivity index (χ0n) is 11.8. The number of nitrogens with one attached hydrogen (secondary N) is 2. The van der Waals surface area contributed by atoms with Gasteiger partial charge in [-0.15, -0.1) is 0 Å². The molecule has 0 spiro atoms. The molecule has 0 aliphatic heterocycles. The van der Waals surface area contributed by atoms with E-state index in [1.807, 2.05) is 0 Å². The summed E-state index contributed by atoms with van der Waals surface area (Å²) in [5.41, 5.74) is -0.0367. The highest BCUT2D eigenvalue weighted by molar-refractivity contribution is 5.95. The molecule has 1 atom stereocenters. The van der Waals surface area contributed by atoms with Gasteiger partial charge in [-0.05, 0) is 18.2 Å². The lowest BCUT2D eigenvalue weighted by Gasteiger charge is -2.15. The summed E-state index contributed by atoms with van der Waals surface area (Å²) < 4.78 is 9.99. The fourth-order valence-corrected chi connectivity index (χ4v) is 1.56. The number of aromatic carboxylic acids is 1. The number of hydrogen-bond acceptors (Lipinski definition) is 5. The number of amides is 2. The van der Waals surface area contributed by atoms with Gasteiger partial charge in [-0.2, -0.15) is 0 Å². The molecule has 0 fully saturated rings. The van der Waals surface area contributed by atoms with Gasteiger partial charge in [-0.1, -0.05) is 0 Å². The highest BCUT2D eigenvalue weighted by Crippen LogP contribution is 2.21. The van der Waals surface area contributed by atoms with Gasteiger partial charge in [0.1, 0.15) is 11.3 Å². The highest BCUT2D eigenvalue weighted by Gasteiger charge is 2.12. The largest absolute Gasteiger partial charge is 0.507 e. The number of aromatic hydroxyl groups is 1. The van der Waals surface area contributed by atoms with Crippen LogP contribution in [0.15, 0.2) is 18.2 Å². The number of urea groups is 1. The van der Waals surface area contributed by atoms with Crippen molar-refractivity contribution >= 4 is 17.7 Å². The minimum absolute atomic E-state index is 0.236. The Kier molecular flexibility index (Phi) is 6.44. The number of carbonyl (C=O) groups is 2. The molecule has 2 amide bonds. The van der Waals surface area contributed by atoms with Crippen molar-refractivity contribution in [2.45, 2.75) is 6.10 Å². The van der Waals surface area contributed by atoms with Crippen LogP contribution in [0.4, 0.5) is 10.5 Å². The maximum Gasteiger partial charge on any atom is 0.339 e. The molecule has 0 aliphatic carbocycles. The first-order valence-electron chi connectivity index (χ1n) is 6.10. The first-order valence-corrected chi connectivity index (χ1v) is 6.10. The Morgan fingerprint density at radius 2 is 2.05 bits per heavy atom. The molecule has 1 aromatic carbocycles. The maximum absolute atomic E-state index is 11.7. The maximum atomic E-state index is 11.7. The summed E-state index contributed by atoms with van der Waals surface area (Å²) >= 11 is 0. The summed E-state index contributed by atoms with van der Waals surface area (Å²) in [6, 6.07) is 3.24. The molecule has 8 heteroatoms. The van der Waals surface area contributed by atoms with Crippen LogP contribution in [0.5, 0.6) is 5.75 Å². The molecule has 0 radical (unpaired) electrons. The topological polar surface area (TPSA) is 117 Å². The minimum atomic E-state index is -1.28. The molecule has 0 saturated heterocycles. The van der Waals surface area contributed by atoms with Gasteiger partial charge in [0.15, 0.2) is 0 Å². The summed E-state index contributed by atoms with van der Waals surface area (Å²) in [6.07, 6.45) is -0.282. The van der Waals surface area contributed by atoms with E-state index in [2.05, 4.69) is 10.6 Å². The number of phenols is 1. The lowest BCUT2D eigenvalue weighted by atomic mass is 10.2. The van der Waals surface area contributed by atoms with Gasteiger partial charge in [0, 0.05) is 26.5 Å². The highest BCUT2D eigenvalue weighted by atomic mass is 16.5. The third-order valence-corrected chi connectivity index (χ3v) is 2.66. The molecule has 1 unspecified atom stereocenters. The fourth-order valence-electron chi connectivity index (χ4n) is 1.56. The van der Waals surface area contributed by atoms with E-state index >= 15 is 0 Å². The zero-order chi connectivity index (χ0) is 15.8. The molecule has 1 rings (SSSR count). The van der Waals surface area contributed by atoms with Crippen molar-refractivity contribution in [2.75, 3.05) is 32.7 Å². The van der Waals surface area contributed by atoms with Gasteiger partial charge in [0.2, 0.25) is 0 Å². The quantitative estimate of drug-likeness (QED) is 0.555. The number of carbonyl (C=O) groups excluding carboxylic acids is 1. The van der Waals surface area contributed by atoms with Crippen LogP contribution >= 0.6 is 0 Å². The van der Waals surface area contributed by atoms with E-state index in [9.17, 15) is 14.7 Å². The Balaban J connectivity index is 2.59. The normalized spacial score (nSPS) is 11.7. The Hall–Kier alpha value is -2.32. The van der Waals surface area contributed by atoms with Gasteiger partial charge >= 0.3 is 12.0 Å². The molecule has 8 nitrogen and oxygen atoms in total. The minimum Gasteiger partial charge on any atom is -0.507 e. The summed E-state index contributed by atoms with van der Waals surface area (Å²) in [5.74, 6) is -1.65. The fraction of sp³-hybridized carbons (Fsp3) is 0.385. The average Bonchev–Trinajstić information content (AvgIpc) is 2.45. The van der Waals surface area contributed by atoms with E-state index in [0.29, 0.717) is 6.61 Å². The summed E-state index contributed by atoms with van der Waals surface area (Å²) in [4.78, 5) is 22.5. The van der Waals surface area contributed by atoms with Crippen molar-refractivity contribution in [3.8, 4) is 5.75 Å². The second-order valence-corrected chi connectivity index (χ2v) is 4.19. The molecule has 0 bridgehead atoms. The van der Waals surface area contributed by atoms with Crippen LogP contribution in [-0.4, -0.2) is 55.7 Å². The predicted octanol–water partition coefficient (Wildman–Crippen LogP) is 0.873. The summed E-state index contributed by atoms with van der Waals surface area (Å²) in [5, 5.41) is 23.3. The third kappa shape index (κ3) is 5.28. The van der Waals surface area contributed by atoms with E-state index in [4.69, 9.17) is 14.6 Å². The molecule has 0 aromatic heterocycles. The van der Waals surface area contributed by atoms with Crippen molar-refractivity contribution in [3.05, 3.63) is 23.8 Å². The van der Waals surface area contributed by atoms with E-state index in [1.165, 1.54) is 32.4 Å². The smallest absolute Gasteiger partial charge is 0.339 e. The van der Waals surface area contributed by atoms with E-state index in [-0.39, 0.29) is 29.6 Å². The lowest BCUT2D eigenvalue weighted by molar-refractivity contribution is 0.0307. The number of methoxy groups -OCH3 is 2. The number of ether oxygens (including phenoxy) is 2. The monoisotopic (exact) mass is 298 g/mol. The zero-order valence-corrected chi connectivity index (χ0v) is 11.8. The number of anilines is 1. The van der Waals surface area contributed by atoms with Gasteiger partial charge in [-0.25, -0.2) is 9.59 Å². The van der Waals surface area contributed by atoms with Crippen LogP contribution < -0.4 is 10.6 Å². The lowest BCUT2D eigenvalue weighted by Crippen LogP contribution is -2.38. The van der Waals surface area contributed by atoms with Crippen molar-refractivity contribution in [3.63, 3.8) is 0 Å². The molecule has 0 heterocycles. The van der Waals surface area contributed by atoms with Crippen LogP contribution in [0.2, 0.25) is 0 Å². The third-order valence-electron chi connectivity index (χ3n) is 2.66. The Morgan fingerprint density at radius 1 is 1.33 bits per heavy atom. The Morgan fingerprint density at radius 3 is 2.62 bits per heavy atom. The predicted molar refractivity (Wildman–Crippen MR) is 74.8 cm³/mol. The van der Waals surface area contributed by atoms with Crippen LogP contribution in [0.3, 0.4) is 0 Å². The van der Waals surface area contributed by atoms with E-state index in [1.54, 1.807) is 0 Å². The molecule has 21 heavy (non-hydrogen) atoms. The molecule has 4 N–H and O–H groups in total. The van der Waals surface area contributed by atoms with E-state index < -0.39 is 12.0 Å². The van der Waals surface area contributed by atoms with Crippen LogP contribution in [-0.2, 0) is 9.47 Å². The second kappa shape index (κ2) is 8.08. The van der Waals surface area contributed by atoms with Gasteiger partial charge in [-0.3, -0.25) is 0 Å². The average molecular weight is 298 g/mol. The van der Waals surface area contributed by atoms with Crippen molar-refractivity contribution in [1.82, 2.24) is 5.32 Å². The van der Waals surface area contributed by atoms with Crippen molar-refractivity contribution < 1.29 is 29.3 Å². The van der Waals surface area contributed by atoms with Crippen molar-refractivity contribution in [2.24, 2.45) is 0 Å². The summed E-state index contributed by atoms with van der Waals surface area (Å²) in [7, 11) is 3.03. The molecule has 116 valence electrons. The first kappa shape index (κ1) is 16.7. The number of carboxylic acid groups (broad SMARTS) is 1. The first-order chi connectivity index (χ1) is 9.97. The SMILES string of the molecule is COCC(CNC(=O)Nc1ccc(O)c(C(=O)O)c1)OC. The van der Waals surface area contributed by atoms with Crippen LogP contribution in [0.25, 0.3) is 0 Å². The molecular formula is C13H18N2O6. The number of benzene rings is 1. The number of hydrogen-bond donors (Lipinski definition) is 4. The summed E-state index contributed by atoms with van der Waals surface area (Å²) in [6.45, 7) is 0.569. The molecule has 1 aromatic rings. The second-order valence-electron chi connectivity index (χ2n) is 4.19. The molecule has 0 aliphatic rings. The van der Waals surface area contributed by atoms with Gasteiger partial charge < -0.3 is 30.3 Å². The Bertz CT molecular complexity index is 505. The van der Waals surface area contributed by atoms with E-state index in [0.717, 1.165) is 0 Å². The van der Waals surface area contributed by atoms with Gasteiger partial charge in [0.05, 0.1) is 12.7 Å². The Labute approximate surface area is 121 Å². The van der Waals surface area contributed by atoms with Crippen LogP contribution in [0, 0.1) is 0 Å².